The first-order chi connectivity index (χ1) is 14.3. The van der Waals surface area contributed by atoms with E-state index in [1.165, 1.54) is 36.2 Å². The lowest BCUT2D eigenvalue weighted by atomic mass is 10.0. The van der Waals surface area contributed by atoms with Crippen molar-refractivity contribution in [2.45, 2.75) is 26.2 Å². The topological polar surface area (TPSA) is 61.8 Å². The van der Waals surface area contributed by atoms with E-state index >= 15 is 0 Å². The first-order valence-corrected chi connectivity index (χ1v) is 10.3. The first kappa shape index (κ1) is 20.2. The first-order valence-electron chi connectivity index (χ1n) is 9.45. The molecule has 0 bridgehead atoms. The standard InChI is InChI=1S/C22H19F2N3O2S/c1-3-22(23,24)15-5-4-6-16(11-15)25-20(28)19-13(2)26-27(21(19)29)17-8-7-14-9-10-30-18(14)12-17/h4-12,19H,3H2,1-2H3,(H,25,28). The van der Waals surface area contributed by atoms with Gasteiger partial charge in [-0.05, 0) is 48.0 Å². The molecule has 0 radical (unpaired) electrons. The lowest BCUT2D eigenvalue weighted by Crippen LogP contribution is -2.36. The Morgan fingerprint density at radius 2 is 2.03 bits per heavy atom. The number of carbonyl (C=O) groups excluding carboxylic acids is 2. The molecule has 5 nitrogen and oxygen atoms in total. The summed E-state index contributed by atoms with van der Waals surface area (Å²) in [6, 6.07) is 13.0. The van der Waals surface area contributed by atoms with Gasteiger partial charge >= 0.3 is 0 Å². The largest absolute Gasteiger partial charge is 0.325 e. The number of nitrogens with one attached hydrogen (secondary N) is 1. The highest BCUT2D eigenvalue weighted by Crippen LogP contribution is 2.33. The molecule has 2 amide bonds. The van der Waals surface area contributed by atoms with Crippen molar-refractivity contribution in [1.82, 2.24) is 0 Å². The van der Waals surface area contributed by atoms with Gasteiger partial charge in [-0.15, -0.1) is 11.3 Å². The van der Waals surface area contributed by atoms with Gasteiger partial charge in [-0.2, -0.15) is 10.1 Å². The van der Waals surface area contributed by atoms with Gasteiger partial charge in [-0.25, -0.2) is 8.78 Å². The smallest absolute Gasteiger partial charge is 0.273 e. The lowest BCUT2D eigenvalue weighted by Gasteiger charge is -2.17. The van der Waals surface area contributed by atoms with E-state index in [2.05, 4.69) is 10.4 Å². The quantitative estimate of drug-likeness (QED) is 0.556. The number of thiophene rings is 1. The number of hydrazone groups is 1. The van der Waals surface area contributed by atoms with Crippen LogP contribution in [0.1, 0.15) is 25.8 Å². The lowest BCUT2D eigenvalue weighted by molar-refractivity contribution is -0.127. The third-order valence-electron chi connectivity index (χ3n) is 5.07. The fourth-order valence-electron chi connectivity index (χ4n) is 3.37. The number of carbonyl (C=O) groups is 2. The van der Waals surface area contributed by atoms with Crippen LogP contribution in [-0.4, -0.2) is 17.5 Å². The summed E-state index contributed by atoms with van der Waals surface area (Å²) in [5, 5.41) is 11.1. The normalized spacial score (nSPS) is 16.8. The van der Waals surface area contributed by atoms with Crippen molar-refractivity contribution in [3.8, 4) is 0 Å². The van der Waals surface area contributed by atoms with E-state index in [1.807, 2.05) is 23.6 Å². The minimum absolute atomic E-state index is 0.184. The Morgan fingerprint density at radius 3 is 2.80 bits per heavy atom. The second-order valence-corrected chi connectivity index (χ2v) is 8.04. The zero-order valence-corrected chi connectivity index (χ0v) is 17.2. The van der Waals surface area contributed by atoms with Gasteiger partial charge in [0.15, 0.2) is 5.92 Å². The molecule has 1 atom stereocenters. The molecule has 0 fully saturated rings. The molecule has 0 saturated heterocycles. The molecule has 1 unspecified atom stereocenters. The summed E-state index contributed by atoms with van der Waals surface area (Å²) in [6.07, 6.45) is -0.346. The van der Waals surface area contributed by atoms with Gasteiger partial charge in [0.05, 0.1) is 11.4 Å². The van der Waals surface area contributed by atoms with E-state index in [0.717, 1.165) is 10.1 Å². The van der Waals surface area contributed by atoms with Crippen LogP contribution >= 0.6 is 11.3 Å². The Hall–Kier alpha value is -3.13. The monoisotopic (exact) mass is 427 g/mol. The summed E-state index contributed by atoms with van der Waals surface area (Å²) in [5.41, 5.74) is 0.953. The highest BCUT2D eigenvalue weighted by atomic mass is 32.1. The molecule has 2 aromatic carbocycles. The van der Waals surface area contributed by atoms with Crippen LogP contribution in [0.5, 0.6) is 0 Å². The maximum atomic E-state index is 14.0. The Labute approximate surface area is 176 Å². The number of nitrogens with zero attached hydrogens (tertiary/aromatic N) is 2. The number of hydrogen-bond donors (Lipinski definition) is 1. The molecule has 1 aliphatic rings. The molecule has 30 heavy (non-hydrogen) atoms. The predicted molar refractivity (Wildman–Crippen MR) is 115 cm³/mol. The van der Waals surface area contributed by atoms with Crippen molar-refractivity contribution in [1.29, 1.82) is 0 Å². The van der Waals surface area contributed by atoms with Gasteiger partial charge in [0, 0.05) is 22.4 Å². The van der Waals surface area contributed by atoms with Crippen LogP contribution in [-0.2, 0) is 15.5 Å². The molecule has 1 aliphatic heterocycles. The van der Waals surface area contributed by atoms with Crippen molar-refractivity contribution < 1.29 is 18.4 Å². The molecule has 2 heterocycles. The van der Waals surface area contributed by atoms with Crippen molar-refractivity contribution in [2.24, 2.45) is 11.0 Å². The summed E-state index contributed by atoms with van der Waals surface area (Å²) >= 11 is 1.55. The van der Waals surface area contributed by atoms with Gasteiger partial charge in [0.2, 0.25) is 5.91 Å². The van der Waals surface area contributed by atoms with Crippen molar-refractivity contribution in [3.63, 3.8) is 0 Å². The maximum Gasteiger partial charge on any atom is 0.273 e. The molecule has 154 valence electrons. The minimum atomic E-state index is -2.99. The fourth-order valence-corrected chi connectivity index (χ4v) is 4.19. The second kappa shape index (κ2) is 7.60. The third kappa shape index (κ3) is 3.59. The summed E-state index contributed by atoms with van der Waals surface area (Å²) in [6.45, 7) is 3.00. The van der Waals surface area contributed by atoms with Crippen LogP contribution in [0, 0.1) is 5.92 Å². The average Bonchev–Trinajstić information content (AvgIpc) is 3.31. The highest BCUT2D eigenvalue weighted by Gasteiger charge is 2.40. The maximum absolute atomic E-state index is 14.0. The van der Waals surface area contributed by atoms with E-state index in [-0.39, 0.29) is 17.7 Å². The molecule has 0 saturated carbocycles. The van der Waals surface area contributed by atoms with Gasteiger partial charge in [0.1, 0.15) is 0 Å². The number of anilines is 2. The van der Waals surface area contributed by atoms with E-state index in [4.69, 9.17) is 0 Å². The summed E-state index contributed by atoms with van der Waals surface area (Å²) in [4.78, 5) is 25.7. The predicted octanol–water partition coefficient (Wildman–Crippen LogP) is 5.38. The summed E-state index contributed by atoms with van der Waals surface area (Å²) in [7, 11) is 0. The Morgan fingerprint density at radius 1 is 1.23 bits per heavy atom. The fraction of sp³-hybridized carbons (Fsp3) is 0.227. The van der Waals surface area contributed by atoms with Crippen LogP contribution in [0.4, 0.5) is 20.2 Å². The molecule has 3 aromatic rings. The minimum Gasteiger partial charge on any atom is -0.325 e. The Balaban J connectivity index is 1.55. The molecular weight excluding hydrogens is 408 g/mol. The Bertz CT molecular complexity index is 1170. The average molecular weight is 427 g/mol. The van der Waals surface area contributed by atoms with E-state index < -0.39 is 23.7 Å². The summed E-state index contributed by atoms with van der Waals surface area (Å²) < 4.78 is 28.9. The van der Waals surface area contributed by atoms with E-state index in [1.54, 1.807) is 24.3 Å². The molecule has 0 spiro atoms. The van der Waals surface area contributed by atoms with Crippen molar-refractivity contribution in [2.75, 3.05) is 10.3 Å². The number of fused-ring (bicyclic) bond motifs is 1. The number of amides is 2. The molecule has 1 aromatic heterocycles. The van der Waals surface area contributed by atoms with E-state index in [9.17, 15) is 18.4 Å². The van der Waals surface area contributed by atoms with Crippen LogP contribution in [0.15, 0.2) is 59.0 Å². The van der Waals surface area contributed by atoms with Crippen LogP contribution in [0.25, 0.3) is 10.1 Å². The second-order valence-electron chi connectivity index (χ2n) is 7.10. The number of halogens is 2. The molecule has 0 aliphatic carbocycles. The number of benzene rings is 2. The molecule has 1 N–H and O–H groups in total. The van der Waals surface area contributed by atoms with Gasteiger partial charge in [-0.3, -0.25) is 9.59 Å². The van der Waals surface area contributed by atoms with E-state index in [0.29, 0.717) is 11.4 Å². The molecule has 8 heteroatoms. The highest BCUT2D eigenvalue weighted by molar-refractivity contribution is 7.17. The van der Waals surface area contributed by atoms with Crippen LogP contribution in [0.2, 0.25) is 0 Å². The van der Waals surface area contributed by atoms with Gasteiger partial charge in [0.25, 0.3) is 11.8 Å². The van der Waals surface area contributed by atoms with Gasteiger partial charge < -0.3 is 5.32 Å². The van der Waals surface area contributed by atoms with Gasteiger partial charge in [-0.1, -0.05) is 25.1 Å². The van der Waals surface area contributed by atoms with Crippen LogP contribution in [0.3, 0.4) is 0 Å². The summed E-state index contributed by atoms with van der Waals surface area (Å²) in [5.74, 6) is -5.17. The zero-order chi connectivity index (χ0) is 21.5. The number of alkyl halides is 2. The molecular formula is C22H19F2N3O2S. The molecule has 4 rings (SSSR count). The van der Waals surface area contributed by atoms with Crippen molar-refractivity contribution >= 4 is 50.3 Å². The number of hydrogen-bond acceptors (Lipinski definition) is 4. The van der Waals surface area contributed by atoms with Crippen LogP contribution < -0.4 is 10.3 Å². The SMILES string of the molecule is CCC(F)(F)c1cccc(NC(=O)C2C(=O)N(c3ccc4ccsc4c3)N=C2C)c1. The zero-order valence-electron chi connectivity index (χ0n) is 16.4. The Kier molecular flexibility index (Phi) is 5.11. The van der Waals surface area contributed by atoms with Crippen molar-refractivity contribution in [3.05, 3.63) is 59.5 Å². The number of rotatable bonds is 5. The third-order valence-corrected chi connectivity index (χ3v) is 5.95.